The van der Waals surface area contributed by atoms with Crippen LogP contribution in [0.4, 0.5) is 11.5 Å². The van der Waals surface area contributed by atoms with Gasteiger partial charge in [0.1, 0.15) is 5.82 Å². The van der Waals surface area contributed by atoms with Crippen molar-refractivity contribution in [2.75, 3.05) is 44.6 Å². The monoisotopic (exact) mass is 385 g/mol. The molecule has 2 aromatic rings. The van der Waals surface area contributed by atoms with E-state index >= 15 is 0 Å². The van der Waals surface area contributed by atoms with Gasteiger partial charge in [-0.05, 0) is 49.1 Å². The number of pyridine rings is 1. The van der Waals surface area contributed by atoms with Gasteiger partial charge < -0.3 is 24.8 Å². The van der Waals surface area contributed by atoms with Gasteiger partial charge in [0.2, 0.25) is 5.91 Å². The number of anilines is 2. The summed E-state index contributed by atoms with van der Waals surface area (Å²) in [5.41, 5.74) is 1.85. The van der Waals surface area contributed by atoms with Crippen LogP contribution in [0, 0.1) is 5.92 Å². The minimum absolute atomic E-state index is 0.0213. The van der Waals surface area contributed by atoms with Crippen LogP contribution in [0.5, 0.6) is 11.5 Å². The quantitative estimate of drug-likeness (QED) is 0.727. The molecular formula is C21H27N3O4. The maximum absolute atomic E-state index is 12.3. The van der Waals surface area contributed by atoms with Gasteiger partial charge in [-0.3, -0.25) is 4.79 Å². The van der Waals surface area contributed by atoms with E-state index < -0.39 is 0 Å². The van der Waals surface area contributed by atoms with Crippen molar-refractivity contribution in [1.29, 1.82) is 0 Å². The smallest absolute Gasteiger partial charge is 0.227 e. The van der Waals surface area contributed by atoms with Crippen LogP contribution in [-0.2, 0) is 16.0 Å². The van der Waals surface area contributed by atoms with E-state index in [1.807, 2.05) is 30.3 Å². The zero-order valence-corrected chi connectivity index (χ0v) is 16.4. The number of aromatic nitrogens is 1. The zero-order valence-electron chi connectivity index (χ0n) is 16.4. The fraction of sp³-hybridized carbons (Fsp3) is 0.429. The van der Waals surface area contributed by atoms with Crippen LogP contribution in [0.1, 0.15) is 18.4 Å². The Morgan fingerprint density at radius 1 is 1.14 bits per heavy atom. The van der Waals surface area contributed by atoms with Gasteiger partial charge in [-0.2, -0.15) is 0 Å². The first-order valence-electron chi connectivity index (χ1n) is 9.49. The Morgan fingerprint density at radius 2 is 1.93 bits per heavy atom. The van der Waals surface area contributed by atoms with E-state index in [0.717, 1.165) is 48.7 Å². The average Bonchev–Trinajstić information content (AvgIpc) is 2.75. The molecule has 0 bridgehead atoms. The summed E-state index contributed by atoms with van der Waals surface area (Å²) in [4.78, 5) is 16.6. The van der Waals surface area contributed by atoms with Gasteiger partial charge in [0, 0.05) is 25.7 Å². The van der Waals surface area contributed by atoms with Crippen molar-refractivity contribution in [2.24, 2.45) is 5.92 Å². The van der Waals surface area contributed by atoms with E-state index in [-0.39, 0.29) is 11.8 Å². The number of nitrogens with zero attached hydrogens (tertiary/aromatic N) is 1. The minimum atomic E-state index is 0.0213. The number of rotatable bonds is 8. The predicted molar refractivity (Wildman–Crippen MR) is 108 cm³/mol. The zero-order chi connectivity index (χ0) is 19.8. The second-order valence-electron chi connectivity index (χ2n) is 6.67. The van der Waals surface area contributed by atoms with Crippen molar-refractivity contribution in [1.82, 2.24) is 4.98 Å². The lowest BCUT2D eigenvalue weighted by Crippen LogP contribution is -2.28. The Bertz CT molecular complexity index is 774. The van der Waals surface area contributed by atoms with Gasteiger partial charge >= 0.3 is 0 Å². The molecule has 28 heavy (non-hydrogen) atoms. The Morgan fingerprint density at radius 3 is 2.61 bits per heavy atom. The van der Waals surface area contributed by atoms with Crippen LogP contribution >= 0.6 is 0 Å². The first kappa shape index (κ1) is 19.9. The lowest BCUT2D eigenvalue weighted by atomic mass is 9.99. The van der Waals surface area contributed by atoms with E-state index in [9.17, 15) is 4.79 Å². The van der Waals surface area contributed by atoms with Gasteiger partial charge in [0.25, 0.3) is 0 Å². The number of carbonyl (C=O) groups excluding carboxylic acids is 1. The number of hydrogen-bond acceptors (Lipinski definition) is 6. The molecule has 1 aliphatic heterocycles. The largest absolute Gasteiger partial charge is 0.493 e. The molecule has 2 N–H and O–H groups in total. The average molecular weight is 385 g/mol. The Balaban J connectivity index is 1.47. The molecule has 3 rings (SSSR count). The summed E-state index contributed by atoms with van der Waals surface area (Å²) in [6.07, 6.45) is 4.05. The highest BCUT2D eigenvalue weighted by Crippen LogP contribution is 2.27. The highest BCUT2D eigenvalue weighted by molar-refractivity contribution is 5.92. The first-order valence-corrected chi connectivity index (χ1v) is 9.49. The third kappa shape index (κ3) is 5.36. The molecule has 1 aromatic heterocycles. The molecule has 1 aliphatic rings. The van der Waals surface area contributed by atoms with Crippen LogP contribution in [0.2, 0.25) is 0 Å². The highest BCUT2D eigenvalue weighted by Gasteiger charge is 2.21. The first-order chi connectivity index (χ1) is 13.7. The summed E-state index contributed by atoms with van der Waals surface area (Å²) in [6.45, 7) is 2.04. The molecule has 1 amide bonds. The number of benzene rings is 1. The van der Waals surface area contributed by atoms with E-state index in [2.05, 4.69) is 15.6 Å². The summed E-state index contributed by atoms with van der Waals surface area (Å²) in [5, 5.41) is 6.22. The Labute approximate surface area is 165 Å². The lowest BCUT2D eigenvalue weighted by molar-refractivity contribution is -0.122. The number of ether oxygens (including phenoxy) is 3. The van der Waals surface area contributed by atoms with E-state index in [0.29, 0.717) is 18.9 Å². The fourth-order valence-corrected chi connectivity index (χ4v) is 3.15. The SMILES string of the molecule is COc1ccc(CCNc2ccc(NC(=O)C3CCOCC3)cn2)cc1OC. The summed E-state index contributed by atoms with van der Waals surface area (Å²) < 4.78 is 15.9. The molecule has 0 aliphatic carbocycles. The van der Waals surface area contributed by atoms with Crippen molar-refractivity contribution in [3.05, 3.63) is 42.1 Å². The molecule has 7 nitrogen and oxygen atoms in total. The molecule has 0 radical (unpaired) electrons. The molecule has 0 spiro atoms. The molecule has 0 saturated carbocycles. The molecule has 0 atom stereocenters. The van der Waals surface area contributed by atoms with Crippen LogP contribution in [0.25, 0.3) is 0 Å². The molecule has 1 aromatic carbocycles. The number of nitrogens with one attached hydrogen (secondary N) is 2. The van der Waals surface area contributed by atoms with Crippen molar-refractivity contribution >= 4 is 17.4 Å². The fourth-order valence-electron chi connectivity index (χ4n) is 3.15. The van der Waals surface area contributed by atoms with Crippen molar-refractivity contribution in [3.63, 3.8) is 0 Å². The van der Waals surface area contributed by atoms with Crippen molar-refractivity contribution in [2.45, 2.75) is 19.3 Å². The topological polar surface area (TPSA) is 81.7 Å². The second-order valence-corrected chi connectivity index (χ2v) is 6.67. The molecular weight excluding hydrogens is 358 g/mol. The third-order valence-corrected chi connectivity index (χ3v) is 4.79. The van der Waals surface area contributed by atoms with Gasteiger partial charge in [-0.1, -0.05) is 6.07 Å². The van der Waals surface area contributed by atoms with Gasteiger partial charge in [-0.25, -0.2) is 4.98 Å². The van der Waals surface area contributed by atoms with E-state index in [1.54, 1.807) is 20.4 Å². The summed E-state index contributed by atoms with van der Waals surface area (Å²) in [5.74, 6) is 2.28. The van der Waals surface area contributed by atoms with Crippen molar-refractivity contribution < 1.29 is 19.0 Å². The predicted octanol–water partition coefficient (Wildman–Crippen LogP) is 3.12. The molecule has 150 valence electrons. The maximum Gasteiger partial charge on any atom is 0.227 e. The highest BCUT2D eigenvalue weighted by atomic mass is 16.5. The Hall–Kier alpha value is -2.80. The standard InChI is InChI=1S/C21H27N3O4/c1-26-18-5-3-15(13-19(18)27-2)7-10-22-20-6-4-17(14-23-20)24-21(25)16-8-11-28-12-9-16/h3-6,13-14,16H,7-12H2,1-2H3,(H,22,23)(H,24,25). The minimum Gasteiger partial charge on any atom is -0.493 e. The summed E-state index contributed by atoms with van der Waals surface area (Å²) >= 11 is 0. The summed E-state index contributed by atoms with van der Waals surface area (Å²) in [7, 11) is 3.26. The van der Waals surface area contributed by atoms with Crippen LogP contribution < -0.4 is 20.1 Å². The van der Waals surface area contributed by atoms with Gasteiger partial charge in [-0.15, -0.1) is 0 Å². The molecule has 2 heterocycles. The molecule has 0 unspecified atom stereocenters. The number of hydrogen-bond donors (Lipinski definition) is 2. The van der Waals surface area contributed by atoms with Crippen LogP contribution in [0.3, 0.4) is 0 Å². The molecule has 1 fully saturated rings. The van der Waals surface area contributed by atoms with Gasteiger partial charge in [0.15, 0.2) is 11.5 Å². The third-order valence-electron chi connectivity index (χ3n) is 4.79. The number of methoxy groups -OCH3 is 2. The molecule has 7 heteroatoms. The second kappa shape index (κ2) is 9.94. The van der Waals surface area contributed by atoms with E-state index in [1.165, 1.54) is 0 Å². The molecule has 1 saturated heterocycles. The lowest BCUT2D eigenvalue weighted by Gasteiger charge is -2.21. The maximum atomic E-state index is 12.3. The summed E-state index contributed by atoms with van der Waals surface area (Å²) in [6, 6.07) is 9.63. The van der Waals surface area contributed by atoms with Crippen LogP contribution in [0.15, 0.2) is 36.5 Å². The van der Waals surface area contributed by atoms with E-state index in [4.69, 9.17) is 14.2 Å². The van der Waals surface area contributed by atoms with Crippen molar-refractivity contribution in [3.8, 4) is 11.5 Å². The van der Waals surface area contributed by atoms with Crippen LogP contribution in [-0.4, -0.2) is 44.9 Å². The number of amides is 1. The number of carbonyl (C=O) groups is 1. The Kier molecular flexibility index (Phi) is 7.08. The normalized spacial score (nSPS) is 14.4. The van der Waals surface area contributed by atoms with Gasteiger partial charge in [0.05, 0.1) is 26.1 Å².